The number of hydrogen-bond donors (Lipinski definition) is 0. The lowest BCUT2D eigenvalue weighted by Gasteiger charge is -2.02. The van der Waals surface area contributed by atoms with Crippen LogP contribution in [0.25, 0.3) is 0 Å². The summed E-state index contributed by atoms with van der Waals surface area (Å²) in [6, 6.07) is 7.45. The molecule has 60 valence electrons. The van der Waals surface area contributed by atoms with Gasteiger partial charge in [-0.2, -0.15) is 0 Å². The second-order valence-electron chi connectivity index (χ2n) is 2.69. The van der Waals surface area contributed by atoms with E-state index in [1.807, 2.05) is 31.2 Å². The standard InChI is InChI=1S/C11H10O/c1-3-10-4-6-11(7-5-10)9(2)8-12/h1,4-9H,2H3. The molecule has 0 radical (unpaired) electrons. The van der Waals surface area contributed by atoms with Crippen LogP contribution in [0.4, 0.5) is 0 Å². The van der Waals surface area contributed by atoms with Crippen LogP contribution >= 0.6 is 0 Å². The van der Waals surface area contributed by atoms with Crippen molar-refractivity contribution in [3.8, 4) is 12.3 Å². The van der Waals surface area contributed by atoms with Gasteiger partial charge in [0.05, 0.1) is 0 Å². The Hall–Kier alpha value is -1.55. The summed E-state index contributed by atoms with van der Waals surface area (Å²) >= 11 is 0. The van der Waals surface area contributed by atoms with Gasteiger partial charge in [0.25, 0.3) is 0 Å². The van der Waals surface area contributed by atoms with Crippen molar-refractivity contribution in [2.75, 3.05) is 0 Å². The first-order chi connectivity index (χ1) is 5.77. The molecule has 1 nitrogen and oxygen atoms in total. The molecular weight excluding hydrogens is 148 g/mol. The highest BCUT2D eigenvalue weighted by Gasteiger charge is 2.01. The fourth-order valence-electron chi connectivity index (χ4n) is 0.961. The highest BCUT2D eigenvalue weighted by molar-refractivity contribution is 5.61. The summed E-state index contributed by atoms with van der Waals surface area (Å²) < 4.78 is 0. The first kappa shape index (κ1) is 8.55. The molecule has 0 N–H and O–H groups in total. The van der Waals surface area contributed by atoms with E-state index in [1.54, 1.807) is 0 Å². The van der Waals surface area contributed by atoms with Gasteiger partial charge in [0.2, 0.25) is 0 Å². The molecule has 0 aliphatic heterocycles. The molecule has 0 saturated heterocycles. The summed E-state index contributed by atoms with van der Waals surface area (Å²) in [6.45, 7) is 1.86. The summed E-state index contributed by atoms with van der Waals surface area (Å²) in [6.07, 6.45) is 6.11. The lowest BCUT2D eigenvalue weighted by atomic mass is 10.0. The predicted octanol–water partition coefficient (Wildman–Crippen LogP) is 1.97. The number of aldehydes is 1. The van der Waals surface area contributed by atoms with Crippen LogP contribution in [0.3, 0.4) is 0 Å². The molecule has 0 aromatic heterocycles. The van der Waals surface area contributed by atoms with Gasteiger partial charge in [-0.3, -0.25) is 0 Å². The Morgan fingerprint density at radius 3 is 2.42 bits per heavy atom. The number of carbonyl (C=O) groups excluding carboxylic acids is 1. The van der Waals surface area contributed by atoms with E-state index in [0.29, 0.717) is 0 Å². The fourth-order valence-corrected chi connectivity index (χ4v) is 0.961. The number of rotatable bonds is 2. The second kappa shape index (κ2) is 3.73. The topological polar surface area (TPSA) is 17.1 Å². The van der Waals surface area contributed by atoms with Crippen LogP contribution in [-0.4, -0.2) is 6.29 Å². The van der Waals surface area contributed by atoms with E-state index in [1.165, 1.54) is 0 Å². The van der Waals surface area contributed by atoms with E-state index in [-0.39, 0.29) is 5.92 Å². The SMILES string of the molecule is C#Cc1ccc(C(C)C=O)cc1. The smallest absolute Gasteiger partial charge is 0.127 e. The highest BCUT2D eigenvalue weighted by atomic mass is 16.1. The van der Waals surface area contributed by atoms with Gasteiger partial charge in [0.1, 0.15) is 6.29 Å². The Kier molecular flexibility index (Phi) is 2.66. The number of terminal acetylenes is 1. The highest BCUT2D eigenvalue weighted by Crippen LogP contribution is 2.12. The molecule has 1 aromatic rings. The van der Waals surface area contributed by atoms with Gasteiger partial charge in [-0.15, -0.1) is 6.42 Å². The largest absolute Gasteiger partial charge is 0.303 e. The molecule has 1 atom stereocenters. The number of carbonyl (C=O) groups is 1. The van der Waals surface area contributed by atoms with Crippen molar-refractivity contribution in [1.29, 1.82) is 0 Å². The molecule has 0 bridgehead atoms. The van der Waals surface area contributed by atoms with Crippen LogP contribution in [0, 0.1) is 12.3 Å². The van der Waals surface area contributed by atoms with Crippen molar-refractivity contribution >= 4 is 6.29 Å². The predicted molar refractivity (Wildman–Crippen MR) is 48.9 cm³/mol. The van der Waals surface area contributed by atoms with Crippen LogP contribution < -0.4 is 0 Å². The maximum atomic E-state index is 10.4. The fraction of sp³-hybridized carbons (Fsp3) is 0.182. The molecule has 0 heterocycles. The molecule has 12 heavy (non-hydrogen) atoms. The van der Waals surface area contributed by atoms with Gasteiger partial charge in [0.15, 0.2) is 0 Å². The van der Waals surface area contributed by atoms with Crippen LogP contribution in [0.1, 0.15) is 24.0 Å². The molecule has 0 saturated carbocycles. The first-order valence-electron chi connectivity index (χ1n) is 3.80. The van der Waals surface area contributed by atoms with E-state index in [0.717, 1.165) is 17.4 Å². The van der Waals surface area contributed by atoms with Crippen LogP contribution in [0.15, 0.2) is 24.3 Å². The molecule has 1 heteroatoms. The lowest BCUT2D eigenvalue weighted by molar-refractivity contribution is -0.108. The number of benzene rings is 1. The third-order valence-electron chi connectivity index (χ3n) is 1.81. The summed E-state index contributed by atoms with van der Waals surface area (Å²) in [7, 11) is 0. The zero-order chi connectivity index (χ0) is 8.97. The summed E-state index contributed by atoms with van der Waals surface area (Å²) in [5.74, 6) is 2.48. The zero-order valence-electron chi connectivity index (χ0n) is 6.95. The maximum absolute atomic E-state index is 10.4. The van der Waals surface area contributed by atoms with Gasteiger partial charge in [0, 0.05) is 11.5 Å². The minimum Gasteiger partial charge on any atom is -0.303 e. The molecule has 1 aromatic carbocycles. The van der Waals surface area contributed by atoms with Crippen LogP contribution in [-0.2, 0) is 4.79 Å². The zero-order valence-corrected chi connectivity index (χ0v) is 6.95. The van der Waals surface area contributed by atoms with Crippen LogP contribution in [0.2, 0.25) is 0 Å². The first-order valence-corrected chi connectivity index (χ1v) is 3.80. The molecule has 1 unspecified atom stereocenters. The van der Waals surface area contributed by atoms with Gasteiger partial charge in [-0.25, -0.2) is 0 Å². The van der Waals surface area contributed by atoms with E-state index in [9.17, 15) is 4.79 Å². The van der Waals surface area contributed by atoms with Gasteiger partial charge >= 0.3 is 0 Å². The summed E-state index contributed by atoms with van der Waals surface area (Å²) in [5.41, 5.74) is 1.85. The molecule has 0 spiro atoms. The van der Waals surface area contributed by atoms with Crippen molar-refractivity contribution in [3.63, 3.8) is 0 Å². The van der Waals surface area contributed by atoms with Gasteiger partial charge in [-0.05, 0) is 17.7 Å². The van der Waals surface area contributed by atoms with Crippen LogP contribution in [0.5, 0.6) is 0 Å². The van der Waals surface area contributed by atoms with Crippen molar-refractivity contribution in [3.05, 3.63) is 35.4 Å². The third kappa shape index (κ3) is 1.73. The summed E-state index contributed by atoms with van der Waals surface area (Å²) in [5, 5.41) is 0. The molecule has 0 aliphatic rings. The molecule has 0 aliphatic carbocycles. The molecule has 0 fully saturated rings. The average molecular weight is 158 g/mol. The van der Waals surface area contributed by atoms with E-state index >= 15 is 0 Å². The Labute approximate surface area is 72.4 Å². The molecule has 1 rings (SSSR count). The Morgan fingerprint density at radius 1 is 1.42 bits per heavy atom. The monoisotopic (exact) mass is 158 g/mol. The molecule has 0 amide bonds. The van der Waals surface area contributed by atoms with Gasteiger partial charge in [-0.1, -0.05) is 25.0 Å². The minimum absolute atomic E-state index is 0.0446. The normalized spacial score (nSPS) is 11.7. The lowest BCUT2D eigenvalue weighted by Crippen LogP contribution is -1.93. The quantitative estimate of drug-likeness (QED) is 0.475. The maximum Gasteiger partial charge on any atom is 0.127 e. The van der Waals surface area contributed by atoms with Crippen molar-refractivity contribution in [1.82, 2.24) is 0 Å². The van der Waals surface area contributed by atoms with E-state index in [4.69, 9.17) is 6.42 Å². The average Bonchev–Trinajstić information content (AvgIpc) is 2.17. The van der Waals surface area contributed by atoms with E-state index in [2.05, 4.69) is 5.92 Å². The summed E-state index contributed by atoms with van der Waals surface area (Å²) in [4.78, 5) is 10.4. The molecular formula is C11H10O. The Balaban J connectivity index is 2.93. The minimum atomic E-state index is -0.0446. The number of hydrogen-bond acceptors (Lipinski definition) is 1. The van der Waals surface area contributed by atoms with E-state index < -0.39 is 0 Å². The Bertz CT molecular complexity index is 303. The van der Waals surface area contributed by atoms with Crippen molar-refractivity contribution in [2.45, 2.75) is 12.8 Å². The van der Waals surface area contributed by atoms with Gasteiger partial charge < -0.3 is 4.79 Å². The second-order valence-corrected chi connectivity index (χ2v) is 2.69. The third-order valence-corrected chi connectivity index (χ3v) is 1.81. The van der Waals surface area contributed by atoms with Crippen molar-refractivity contribution in [2.24, 2.45) is 0 Å². The van der Waals surface area contributed by atoms with Crippen molar-refractivity contribution < 1.29 is 4.79 Å². The Morgan fingerprint density at radius 2 is 2.00 bits per heavy atom.